The highest BCUT2D eigenvalue weighted by Gasteiger charge is 2.49. The van der Waals surface area contributed by atoms with Crippen LogP contribution < -0.4 is 5.32 Å². The van der Waals surface area contributed by atoms with E-state index in [0.29, 0.717) is 13.0 Å². The van der Waals surface area contributed by atoms with Crippen molar-refractivity contribution in [2.75, 3.05) is 13.7 Å². The van der Waals surface area contributed by atoms with Crippen LogP contribution in [0.4, 0.5) is 0 Å². The number of hydrogen-bond acceptors (Lipinski definition) is 6. The molecule has 1 saturated heterocycles. The topological polar surface area (TPSA) is 94.2 Å². The summed E-state index contributed by atoms with van der Waals surface area (Å²) in [6.07, 6.45) is 2.16. The van der Waals surface area contributed by atoms with Gasteiger partial charge in [-0.1, -0.05) is 30.3 Å². The molecule has 1 aromatic rings. The number of amides is 1. The zero-order valence-corrected chi connectivity index (χ0v) is 15.1. The number of hydrogen-bond donors (Lipinski definition) is 1. The zero-order valence-electron chi connectivity index (χ0n) is 15.1. The molecule has 0 unspecified atom stereocenters. The van der Waals surface area contributed by atoms with E-state index in [4.69, 9.17) is 9.47 Å². The van der Waals surface area contributed by atoms with Crippen molar-refractivity contribution in [1.29, 1.82) is 0 Å². The molecule has 3 atom stereocenters. The molecule has 140 valence electrons. The van der Waals surface area contributed by atoms with E-state index in [1.807, 2.05) is 30.3 Å². The van der Waals surface area contributed by atoms with Crippen LogP contribution in [-0.4, -0.2) is 49.3 Å². The van der Waals surface area contributed by atoms with E-state index in [1.165, 1.54) is 26.2 Å². The van der Waals surface area contributed by atoms with Gasteiger partial charge < -0.3 is 19.5 Å². The number of benzene rings is 1. The first-order chi connectivity index (χ1) is 12.3. The normalized spacial score (nSPS) is 20.9. The zero-order chi connectivity index (χ0) is 19.2. The second-order valence-corrected chi connectivity index (χ2v) is 6.28. The number of methoxy groups -OCH3 is 1. The molecule has 2 rings (SSSR count). The quantitative estimate of drug-likeness (QED) is 0.424. The summed E-state index contributed by atoms with van der Waals surface area (Å²) in [4.78, 5) is 35.4. The van der Waals surface area contributed by atoms with E-state index >= 15 is 0 Å². The van der Waals surface area contributed by atoms with Crippen LogP contribution >= 0.6 is 0 Å². The van der Waals surface area contributed by atoms with Crippen LogP contribution in [0.25, 0.3) is 0 Å². The summed E-state index contributed by atoms with van der Waals surface area (Å²) in [5.41, 5.74) is 0.201. The fourth-order valence-corrected chi connectivity index (χ4v) is 2.38. The molecule has 0 bridgehead atoms. The van der Waals surface area contributed by atoms with Crippen molar-refractivity contribution in [1.82, 2.24) is 5.32 Å². The van der Waals surface area contributed by atoms with Crippen molar-refractivity contribution in [3.63, 3.8) is 0 Å². The molecule has 1 N–H and O–H groups in total. The van der Waals surface area contributed by atoms with Gasteiger partial charge in [0.15, 0.2) is 6.10 Å². The number of rotatable bonds is 8. The van der Waals surface area contributed by atoms with Gasteiger partial charge in [-0.2, -0.15) is 0 Å². The average molecular weight is 361 g/mol. The maximum absolute atomic E-state index is 12.6. The van der Waals surface area contributed by atoms with Crippen LogP contribution in [0.15, 0.2) is 42.5 Å². The highest BCUT2D eigenvalue weighted by atomic mass is 16.6. The number of ether oxygens (including phenoxy) is 3. The largest absolute Gasteiger partial charge is 0.466 e. The average Bonchev–Trinajstić information content (AvgIpc) is 3.36. The van der Waals surface area contributed by atoms with E-state index in [1.54, 1.807) is 6.92 Å². The van der Waals surface area contributed by atoms with Crippen molar-refractivity contribution in [2.24, 2.45) is 0 Å². The number of nitrogens with one attached hydrogen (secondary N) is 1. The Morgan fingerprint density at radius 2 is 1.96 bits per heavy atom. The Morgan fingerprint density at radius 3 is 2.50 bits per heavy atom. The van der Waals surface area contributed by atoms with Gasteiger partial charge in [0.1, 0.15) is 11.6 Å². The third kappa shape index (κ3) is 5.70. The number of epoxide rings is 1. The standard InChI is InChI=1S/C19H23NO6/c1-13(21)20-15(11-14-7-5-4-6-8-14)18(23)26-16(19(2)12-25-19)9-10-17(22)24-3/h4-10,15-16H,11-12H2,1-3H3,(H,20,21)/b10-9+/t15-,16-,19+/m1/s1. The molecule has 7 heteroatoms. The summed E-state index contributed by atoms with van der Waals surface area (Å²) in [5.74, 6) is -1.49. The molecule has 0 spiro atoms. The Kier molecular flexibility index (Phi) is 6.52. The second kappa shape index (κ2) is 8.62. The van der Waals surface area contributed by atoms with Crippen LogP contribution in [0.3, 0.4) is 0 Å². The number of carbonyl (C=O) groups excluding carboxylic acids is 3. The van der Waals surface area contributed by atoms with Gasteiger partial charge >= 0.3 is 11.9 Å². The van der Waals surface area contributed by atoms with E-state index in [-0.39, 0.29) is 5.91 Å². The highest BCUT2D eigenvalue weighted by molar-refractivity contribution is 5.84. The van der Waals surface area contributed by atoms with Gasteiger partial charge in [0.2, 0.25) is 5.91 Å². The number of esters is 2. The lowest BCUT2D eigenvalue weighted by atomic mass is 10.0. The monoisotopic (exact) mass is 361 g/mol. The molecular formula is C19H23NO6. The molecule has 26 heavy (non-hydrogen) atoms. The molecule has 1 fully saturated rings. The second-order valence-electron chi connectivity index (χ2n) is 6.28. The van der Waals surface area contributed by atoms with Crippen LogP contribution in [0, 0.1) is 0 Å². The molecule has 7 nitrogen and oxygen atoms in total. The molecule has 1 aliphatic heterocycles. The van der Waals surface area contributed by atoms with Gasteiger partial charge in [-0.3, -0.25) is 4.79 Å². The third-order valence-corrected chi connectivity index (χ3v) is 4.00. The van der Waals surface area contributed by atoms with Crippen LogP contribution in [0.5, 0.6) is 0 Å². The minimum Gasteiger partial charge on any atom is -0.466 e. The van der Waals surface area contributed by atoms with Gasteiger partial charge in [-0.05, 0) is 18.6 Å². The van der Waals surface area contributed by atoms with Crippen LogP contribution in [-0.2, 0) is 35.0 Å². The Balaban J connectivity index is 2.11. The van der Waals surface area contributed by atoms with Crippen LogP contribution in [0.2, 0.25) is 0 Å². The molecule has 1 heterocycles. The fourth-order valence-electron chi connectivity index (χ4n) is 2.38. The minimum absolute atomic E-state index is 0.296. The molecule has 1 aliphatic rings. The van der Waals surface area contributed by atoms with Gasteiger partial charge in [0.25, 0.3) is 0 Å². The molecular weight excluding hydrogens is 338 g/mol. The van der Waals surface area contributed by atoms with E-state index in [2.05, 4.69) is 10.1 Å². The van der Waals surface area contributed by atoms with E-state index in [9.17, 15) is 14.4 Å². The Labute approximate surface area is 152 Å². The maximum atomic E-state index is 12.6. The lowest BCUT2D eigenvalue weighted by Crippen LogP contribution is -2.45. The number of carbonyl (C=O) groups is 3. The Morgan fingerprint density at radius 1 is 1.31 bits per heavy atom. The Hall–Kier alpha value is -2.67. The van der Waals surface area contributed by atoms with Crippen molar-refractivity contribution >= 4 is 17.8 Å². The SMILES string of the molecule is COC(=O)/C=C/[C@@H](OC(=O)[C@@H](Cc1ccccc1)NC(C)=O)[C@]1(C)CO1. The molecule has 0 radical (unpaired) electrons. The van der Waals surface area contributed by atoms with Crippen molar-refractivity contribution < 1.29 is 28.6 Å². The first-order valence-corrected chi connectivity index (χ1v) is 8.25. The lowest BCUT2D eigenvalue weighted by Gasteiger charge is -2.22. The summed E-state index contributed by atoms with van der Waals surface area (Å²) in [5, 5.41) is 2.61. The van der Waals surface area contributed by atoms with Gasteiger partial charge in [0.05, 0.1) is 13.7 Å². The molecule has 1 aromatic carbocycles. The van der Waals surface area contributed by atoms with Crippen LogP contribution in [0.1, 0.15) is 19.4 Å². The van der Waals surface area contributed by atoms with E-state index < -0.39 is 29.7 Å². The molecule has 0 aliphatic carbocycles. The summed E-state index contributed by atoms with van der Waals surface area (Å²) in [6, 6.07) is 8.46. The summed E-state index contributed by atoms with van der Waals surface area (Å²) in [7, 11) is 1.26. The van der Waals surface area contributed by atoms with Gasteiger partial charge in [-0.15, -0.1) is 0 Å². The summed E-state index contributed by atoms with van der Waals surface area (Å²) < 4.78 is 15.4. The first kappa shape index (κ1) is 19.7. The minimum atomic E-state index is -0.841. The predicted octanol–water partition coefficient (Wildman–Crippen LogP) is 1.16. The summed E-state index contributed by atoms with van der Waals surface area (Å²) in [6.45, 7) is 3.52. The predicted molar refractivity (Wildman–Crippen MR) is 93.1 cm³/mol. The molecule has 0 aromatic heterocycles. The third-order valence-electron chi connectivity index (χ3n) is 4.00. The lowest BCUT2D eigenvalue weighted by molar-refractivity contribution is -0.153. The van der Waals surface area contributed by atoms with Crippen molar-refractivity contribution in [3.05, 3.63) is 48.0 Å². The highest BCUT2D eigenvalue weighted by Crippen LogP contribution is 2.33. The first-order valence-electron chi connectivity index (χ1n) is 8.25. The summed E-state index contributed by atoms with van der Waals surface area (Å²) >= 11 is 0. The van der Waals surface area contributed by atoms with Crippen molar-refractivity contribution in [2.45, 2.75) is 38.0 Å². The van der Waals surface area contributed by atoms with Gasteiger partial charge in [0, 0.05) is 19.4 Å². The smallest absolute Gasteiger partial charge is 0.330 e. The Bertz CT molecular complexity index is 681. The molecule has 0 saturated carbocycles. The molecule has 1 amide bonds. The van der Waals surface area contributed by atoms with E-state index in [0.717, 1.165) is 5.56 Å². The fraction of sp³-hybridized carbons (Fsp3) is 0.421. The van der Waals surface area contributed by atoms with Gasteiger partial charge in [-0.25, -0.2) is 9.59 Å². The maximum Gasteiger partial charge on any atom is 0.330 e. The van der Waals surface area contributed by atoms with Crippen molar-refractivity contribution in [3.8, 4) is 0 Å².